The van der Waals surface area contributed by atoms with Gasteiger partial charge in [-0.15, -0.1) is 0 Å². The van der Waals surface area contributed by atoms with E-state index < -0.39 is 0 Å². The second-order valence-electron chi connectivity index (χ2n) is 6.77. The molecule has 114 valence electrons. The van der Waals surface area contributed by atoms with Crippen molar-refractivity contribution in [2.75, 3.05) is 39.3 Å². The number of hydrogen-bond donors (Lipinski definition) is 1. The molecule has 2 aliphatic heterocycles. The van der Waals surface area contributed by atoms with Gasteiger partial charge in [-0.2, -0.15) is 0 Å². The minimum atomic E-state index is 0.0558. The second kappa shape index (κ2) is 6.54. The molecule has 0 aromatic rings. The summed E-state index contributed by atoms with van der Waals surface area (Å²) in [7, 11) is 0. The minimum absolute atomic E-state index is 0.0558. The van der Waals surface area contributed by atoms with Gasteiger partial charge in [-0.1, -0.05) is 19.3 Å². The molecule has 1 spiro atoms. The van der Waals surface area contributed by atoms with E-state index in [-0.39, 0.29) is 11.5 Å². The summed E-state index contributed by atoms with van der Waals surface area (Å²) in [5, 5.41) is 3.34. The lowest BCUT2D eigenvalue weighted by atomic mass is 9.75. The number of hydrogen-bond acceptors (Lipinski definition) is 4. The predicted octanol–water partition coefficient (Wildman–Crippen LogP) is 1.59. The van der Waals surface area contributed by atoms with Crippen molar-refractivity contribution in [2.45, 2.75) is 50.5 Å². The van der Waals surface area contributed by atoms with Crippen molar-refractivity contribution in [2.24, 2.45) is 5.92 Å². The molecule has 1 saturated carbocycles. The molecule has 2 heterocycles. The van der Waals surface area contributed by atoms with E-state index in [4.69, 9.17) is 4.74 Å². The molecule has 3 rings (SSSR count). The van der Waals surface area contributed by atoms with Crippen LogP contribution in [0.1, 0.15) is 44.9 Å². The lowest BCUT2D eigenvalue weighted by Crippen LogP contribution is -2.48. The third-order valence-electron chi connectivity index (χ3n) is 5.30. The van der Waals surface area contributed by atoms with Gasteiger partial charge in [0.25, 0.3) is 0 Å². The largest absolute Gasteiger partial charge is 0.375 e. The molecule has 3 aliphatic rings. The number of rotatable bonds is 3. The molecule has 0 bridgehead atoms. The molecule has 20 heavy (non-hydrogen) atoms. The minimum Gasteiger partial charge on any atom is -0.375 e. The first-order valence-electron chi connectivity index (χ1n) is 8.37. The van der Waals surface area contributed by atoms with E-state index in [1.807, 2.05) is 0 Å². The van der Waals surface area contributed by atoms with Gasteiger partial charge in [0, 0.05) is 38.7 Å². The molecule has 1 N–H and O–H groups in total. The second-order valence-corrected chi connectivity index (χ2v) is 6.77. The number of nitrogens with zero attached hydrogens (tertiary/aromatic N) is 1. The van der Waals surface area contributed by atoms with Gasteiger partial charge in [0.1, 0.15) is 5.78 Å². The van der Waals surface area contributed by atoms with E-state index in [0.29, 0.717) is 12.3 Å². The maximum Gasteiger partial charge on any atom is 0.150 e. The molecular formula is C16H28N2O2. The van der Waals surface area contributed by atoms with Gasteiger partial charge in [-0.3, -0.25) is 9.69 Å². The molecule has 4 nitrogen and oxygen atoms in total. The molecule has 0 amide bonds. The summed E-state index contributed by atoms with van der Waals surface area (Å²) in [5.74, 6) is 0.705. The van der Waals surface area contributed by atoms with Crippen molar-refractivity contribution in [3.8, 4) is 0 Å². The molecule has 0 radical (unpaired) electrons. The normalized spacial score (nSPS) is 31.3. The Morgan fingerprint density at radius 2 is 1.95 bits per heavy atom. The Labute approximate surface area is 122 Å². The van der Waals surface area contributed by atoms with Crippen molar-refractivity contribution in [1.29, 1.82) is 0 Å². The third kappa shape index (κ3) is 3.41. The van der Waals surface area contributed by atoms with Crippen molar-refractivity contribution in [3.63, 3.8) is 0 Å². The Balaban J connectivity index is 1.54. The number of ketones is 1. The highest BCUT2D eigenvalue weighted by atomic mass is 16.5. The van der Waals surface area contributed by atoms with Gasteiger partial charge >= 0.3 is 0 Å². The summed E-state index contributed by atoms with van der Waals surface area (Å²) in [6.45, 7) is 5.51. The van der Waals surface area contributed by atoms with E-state index in [2.05, 4.69) is 10.2 Å². The van der Waals surface area contributed by atoms with Gasteiger partial charge in [-0.25, -0.2) is 0 Å². The fourth-order valence-electron chi connectivity index (χ4n) is 4.07. The topological polar surface area (TPSA) is 41.6 Å². The van der Waals surface area contributed by atoms with Crippen LogP contribution in [0, 0.1) is 5.92 Å². The van der Waals surface area contributed by atoms with E-state index in [1.165, 1.54) is 32.1 Å². The van der Waals surface area contributed by atoms with Crippen LogP contribution in [0.5, 0.6) is 0 Å². The van der Waals surface area contributed by atoms with Gasteiger partial charge < -0.3 is 10.1 Å². The highest BCUT2D eigenvalue weighted by molar-refractivity contribution is 5.83. The Morgan fingerprint density at radius 1 is 1.20 bits per heavy atom. The molecule has 4 heteroatoms. The summed E-state index contributed by atoms with van der Waals surface area (Å²) in [6.07, 6.45) is 8.15. The summed E-state index contributed by atoms with van der Waals surface area (Å²) in [5.41, 5.74) is 0.0558. The summed E-state index contributed by atoms with van der Waals surface area (Å²) < 4.78 is 6.10. The number of nitrogens with one attached hydrogen (secondary N) is 1. The number of piperazine rings is 1. The van der Waals surface area contributed by atoms with Crippen molar-refractivity contribution in [3.05, 3.63) is 0 Å². The van der Waals surface area contributed by atoms with Crippen LogP contribution in [0.25, 0.3) is 0 Å². The van der Waals surface area contributed by atoms with Crippen molar-refractivity contribution >= 4 is 5.78 Å². The first-order valence-corrected chi connectivity index (χ1v) is 8.37. The van der Waals surface area contributed by atoms with Crippen molar-refractivity contribution in [1.82, 2.24) is 10.2 Å². The molecule has 2 saturated heterocycles. The molecule has 1 unspecified atom stereocenters. The number of carbonyl (C=O) groups excluding carboxylic acids is 1. The Kier molecular flexibility index (Phi) is 4.74. The van der Waals surface area contributed by atoms with E-state index in [0.717, 1.165) is 45.6 Å². The van der Waals surface area contributed by atoms with Gasteiger partial charge in [0.2, 0.25) is 0 Å². The lowest BCUT2D eigenvalue weighted by molar-refractivity contribution is -0.143. The zero-order chi connectivity index (χ0) is 13.8. The van der Waals surface area contributed by atoms with Crippen LogP contribution in [0.2, 0.25) is 0 Å². The molecule has 0 aromatic heterocycles. The summed E-state index contributed by atoms with van der Waals surface area (Å²) >= 11 is 0. The van der Waals surface area contributed by atoms with Gasteiger partial charge in [0.15, 0.2) is 0 Å². The first kappa shape index (κ1) is 14.5. The number of ether oxygens (including phenoxy) is 1. The third-order valence-corrected chi connectivity index (χ3v) is 5.30. The lowest BCUT2D eigenvalue weighted by Gasteiger charge is -2.43. The fraction of sp³-hybridized carbons (Fsp3) is 0.938. The fourth-order valence-corrected chi connectivity index (χ4v) is 4.07. The zero-order valence-corrected chi connectivity index (χ0v) is 12.5. The summed E-state index contributed by atoms with van der Waals surface area (Å²) in [4.78, 5) is 14.9. The highest BCUT2D eigenvalue weighted by Crippen LogP contribution is 2.40. The maximum absolute atomic E-state index is 12.6. The molecule has 3 fully saturated rings. The van der Waals surface area contributed by atoms with Gasteiger partial charge in [-0.05, 0) is 25.7 Å². The van der Waals surface area contributed by atoms with E-state index in [1.54, 1.807) is 0 Å². The molecule has 1 atom stereocenters. The molecule has 1 aliphatic carbocycles. The molecular weight excluding hydrogens is 252 g/mol. The van der Waals surface area contributed by atoms with Crippen LogP contribution in [0.4, 0.5) is 0 Å². The van der Waals surface area contributed by atoms with Crippen LogP contribution in [0.3, 0.4) is 0 Å². The van der Waals surface area contributed by atoms with E-state index >= 15 is 0 Å². The van der Waals surface area contributed by atoms with Crippen LogP contribution in [0.15, 0.2) is 0 Å². The van der Waals surface area contributed by atoms with E-state index in [9.17, 15) is 4.79 Å². The first-order chi connectivity index (χ1) is 9.77. The summed E-state index contributed by atoms with van der Waals surface area (Å²) in [6, 6.07) is 0. The highest BCUT2D eigenvalue weighted by Gasteiger charge is 2.40. The number of Topliss-reactive ketones (excluding diaryl/α,β-unsaturated/α-hetero) is 1. The van der Waals surface area contributed by atoms with Gasteiger partial charge in [0.05, 0.1) is 12.1 Å². The predicted molar refractivity (Wildman–Crippen MR) is 78.8 cm³/mol. The maximum atomic E-state index is 12.6. The molecule has 0 aromatic carbocycles. The smallest absolute Gasteiger partial charge is 0.150 e. The Hall–Kier alpha value is -0.450. The van der Waals surface area contributed by atoms with Crippen LogP contribution in [-0.4, -0.2) is 55.6 Å². The standard InChI is InChI=1S/C16H28N2O2/c19-15(13-18-9-7-17-8-10-18)14-4-11-20-16(12-14)5-2-1-3-6-16/h14,17H,1-13H2. The quantitative estimate of drug-likeness (QED) is 0.852. The SMILES string of the molecule is O=C(CN1CCNCC1)C1CCOC2(CCCCC2)C1. The van der Waals surface area contributed by atoms with Crippen LogP contribution < -0.4 is 5.32 Å². The average molecular weight is 280 g/mol. The average Bonchev–Trinajstić information content (AvgIpc) is 2.49. The Bertz CT molecular complexity index is 328. The Morgan fingerprint density at radius 3 is 2.70 bits per heavy atom. The monoisotopic (exact) mass is 280 g/mol. The van der Waals surface area contributed by atoms with Crippen LogP contribution >= 0.6 is 0 Å². The van der Waals surface area contributed by atoms with Crippen molar-refractivity contribution < 1.29 is 9.53 Å². The zero-order valence-electron chi connectivity index (χ0n) is 12.5. The number of carbonyl (C=O) groups is 1. The van der Waals surface area contributed by atoms with Crippen LogP contribution in [-0.2, 0) is 9.53 Å².